The highest BCUT2D eigenvalue weighted by atomic mass is 35.5. The molecule has 1 aliphatic heterocycles. The third kappa shape index (κ3) is 3.27. The van der Waals surface area contributed by atoms with E-state index in [1.165, 1.54) is 6.26 Å². The van der Waals surface area contributed by atoms with Gasteiger partial charge in [-0.1, -0.05) is 0 Å². The molecular formula is C13H18ClNO3. The van der Waals surface area contributed by atoms with Gasteiger partial charge in [0.25, 0.3) is 5.91 Å². The van der Waals surface area contributed by atoms with Crippen LogP contribution in [0.3, 0.4) is 0 Å². The summed E-state index contributed by atoms with van der Waals surface area (Å²) < 4.78 is 10.7. The number of halogens is 1. The van der Waals surface area contributed by atoms with Crippen molar-refractivity contribution < 1.29 is 13.9 Å². The molecule has 4 nitrogen and oxygen atoms in total. The number of alkyl halides is 1. The molecule has 0 bridgehead atoms. The molecule has 1 fully saturated rings. The predicted octanol–water partition coefficient (Wildman–Crippen LogP) is 2.45. The summed E-state index contributed by atoms with van der Waals surface area (Å²) in [7, 11) is 0. The summed E-state index contributed by atoms with van der Waals surface area (Å²) in [6.07, 6.45) is 3.51. The molecule has 0 spiro atoms. The van der Waals surface area contributed by atoms with Crippen LogP contribution in [0.2, 0.25) is 0 Å². The molecule has 0 radical (unpaired) electrons. The minimum atomic E-state index is 0.0441. The molecule has 0 aliphatic carbocycles. The molecule has 0 unspecified atom stereocenters. The molecule has 1 aliphatic rings. The van der Waals surface area contributed by atoms with Crippen molar-refractivity contribution in [1.82, 2.24) is 4.90 Å². The summed E-state index contributed by atoms with van der Waals surface area (Å²) in [4.78, 5) is 14.0. The van der Waals surface area contributed by atoms with E-state index in [0.717, 1.165) is 31.7 Å². The lowest BCUT2D eigenvalue weighted by molar-refractivity contribution is 0.0154. The molecule has 18 heavy (non-hydrogen) atoms. The van der Waals surface area contributed by atoms with E-state index in [2.05, 4.69) is 0 Å². The summed E-state index contributed by atoms with van der Waals surface area (Å²) in [5.74, 6) is 1.33. The third-order valence-corrected chi connectivity index (χ3v) is 3.29. The maximum absolute atomic E-state index is 12.1. The smallest absolute Gasteiger partial charge is 0.257 e. The number of nitrogens with zero attached hydrogens (tertiary/aromatic N) is 1. The van der Waals surface area contributed by atoms with Crippen molar-refractivity contribution >= 4 is 17.5 Å². The minimum Gasteiger partial charge on any atom is -0.469 e. The number of hydrogen-bond donors (Lipinski definition) is 0. The van der Waals surface area contributed by atoms with Crippen LogP contribution in [-0.2, 0) is 4.74 Å². The molecule has 1 saturated heterocycles. The monoisotopic (exact) mass is 271 g/mol. The van der Waals surface area contributed by atoms with E-state index in [9.17, 15) is 4.79 Å². The summed E-state index contributed by atoms with van der Waals surface area (Å²) in [6.45, 7) is 3.89. The Labute approximate surface area is 112 Å². The number of aryl methyl sites for hydroxylation is 1. The topological polar surface area (TPSA) is 42.7 Å². The fraction of sp³-hybridized carbons (Fsp3) is 0.615. The SMILES string of the molecule is Cc1cc(C(=O)N2CCC(OCCCl)CC2)co1. The molecule has 1 aromatic rings. The molecule has 5 heteroatoms. The van der Waals surface area contributed by atoms with Gasteiger partial charge in [0, 0.05) is 19.0 Å². The van der Waals surface area contributed by atoms with Crippen LogP contribution in [0.4, 0.5) is 0 Å². The second-order valence-corrected chi connectivity index (χ2v) is 4.88. The van der Waals surface area contributed by atoms with Crippen molar-refractivity contribution in [2.75, 3.05) is 25.6 Å². The number of rotatable bonds is 4. The van der Waals surface area contributed by atoms with Gasteiger partial charge in [0.15, 0.2) is 0 Å². The predicted molar refractivity (Wildman–Crippen MR) is 69.0 cm³/mol. The van der Waals surface area contributed by atoms with Gasteiger partial charge in [-0.2, -0.15) is 0 Å². The quantitative estimate of drug-likeness (QED) is 0.790. The lowest BCUT2D eigenvalue weighted by Crippen LogP contribution is -2.40. The van der Waals surface area contributed by atoms with Crippen molar-refractivity contribution in [3.8, 4) is 0 Å². The molecule has 0 atom stereocenters. The molecular weight excluding hydrogens is 254 g/mol. The molecule has 1 amide bonds. The van der Waals surface area contributed by atoms with Gasteiger partial charge in [0.2, 0.25) is 0 Å². The van der Waals surface area contributed by atoms with Crippen LogP contribution in [0.5, 0.6) is 0 Å². The van der Waals surface area contributed by atoms with E-state index in [0.29, 0.717) is 18.1 Å². The van der Waals surface area contributed by atoms with Gasteiger partial charge in [-0.15, -0.1) is 11.6 Å². The summed E-state index contributed by atoms with van der Waals surface area (Å²) >= 11 is 5.58. The molecule has 1 aromatic heterocycles. The highest BCUT2D eigenvalue weighted by Crippen LogP contribution is 2.17. The Kier molecular flexibility index (Phi) is 4.66. The van der Waals surface area contributed by atoms with E-state index >= 15 is 0 Å². The molecule has 100 valence electrons. The van der Waals surface area contributed by atoms with Crippen LogP contribution in [0.25, 0.3) is 0 Å². The number of carbonyl (C=O) groups is 1. The Balaban J connectivity index is 1.84. The largest absolute Gasteiger partial charge is 0.469 e. The van der Waals surface area contributed by atoms with Gasteiger partial charge in [-0.05, 0) is 25.8 Å². The van der Waals surface area contributed by atoms with Gasteiger partial charge in [-0.3, -0.25) is 4.79 Å². The number of furan rings is 1. The fourth-order valence-corrected chi connectivity index (χ4v) is 2.26. The highest BCUT2D eigenvalue weighted by Gasteiger charge is 2.24. The summed E-state index contributed by atoms with van der Waals surface area (Å²) in [6, 6.07) is 1.78. The molecule has 0 saturated carbocycles. The first-order chi connectivity index (χ1) is 8.70. The third-order valence-electron chi connectivity index (χ3n) is 3.14. The first-order valence-corrected chi connectivity index (χ1v) is 6.76. The van der Waals surface area contributed by atoms with E-state index < -0.39 is 0 Å². The molecule has 0 aromatic carbocycles. The number of ether oxygens (including phenoxy) is 1. The van der Waals surface area contributed by atoms with Gasteiger partial charge in [-0.25, -0.2) is 0 Å². The average Bonchev–Trinajstić information content (AvgIpc) is 2.83. The molecule has 2 heterocycles. The number of piperidine rings is 1. The number of carbonyl (C=O) groups excluding carboxylic acids is 1. The van der Waals surface area contributed by atoms with E-state index in [4.69, 9.17) is 20.8 Å². The first kappa shape index (κ1) is 13.4. The van der Waals surface area contributed by atoms with Gasteiger partial charge in [0.05, 0.1) is 18.3 Å². The van der Waals surface area contributed by atoms with Crippen LogP contribution in [0, 0.1) is 6.92 Å². The summed E-state index contributed by atoms with van der Waals surface area (Å²) in [5.41, 5.74) is 0.632. The van der Waals surface area contributed by atoms with Crippen LogP contribution in [0.1, 0.15) is 29.0 Å². The van der Waals surface area contributed by atoms with Crippen LogP contribution >= 0.6 is 11.6 Å². The van der Waals surface area contributed by atoms with E-state index in [1.54, 1.807) is 6.07 Å². The van der Waals surface area contributed by atoms with Crippen molar-refractivity contribution in [2.24, 2.45) is 0 Å². The lowest BCUT2D eigenvalue weighted by Gasteiger charge is -2.31. The van der Waals surface area contributed by atoms with Crippen molar-refractivity contribution in [3.63, 3.8) is 0 Å². The molecule has 2 rings (SSSR count). The Bertz CT molecular complexity index is 397. The second kappa shape index (κ2) is 6.25. The summed E-state index contributed by atoms with van der Waals surface area (Å²) in [5, 5.41) is 0. The highest BCUT2D eigenvalue weighted by molar-refractivity contribution is 6.17. The van der Waals surface area contributed by atoms with Crippen molar-refractivity contribution in [2.45, 2.75) is 25.9 Å². The van der Waals surface area contributed by atoms with Gasteiger partial charge >= 0.3 is 0 Å². The Hall–Kier alpha value is -1.00. The van der Waals surface area contributed by atoms with Gasteiger partial charge in [0.1, 0.15) is 12.0 Å². The van der Waals surface area contributed by atoms with E-state index in [1.807, 2.05) is 11.8 Å². The zero-order valence-corrected chi connectivity index (χ0v) is 11.3. The standard InChI is InChI=1S/C13H18ClNO3/c1-10-8-11(9-18-10)13(16)15-5-2-12(3-6-15)17-7-4-14/h8-9,12H,2-7H2,1H3. The Morgan fingerprint density at radius 1 is 1.56 bits per heavy atom. The van der Waals surface area contributed by atoms with Gasteiger partial charge < -0.3 is 14.1 Å². The maximum atomic E-state index is 12.1. The lowest BCUT2D eigenvalue weighted by atomic mass is 10.1. The zero-order valence-electron chi connectivity index (χ0n) is 10.5. The normalized spacial score (nSPS) is 17.1. The molecule has 0 N–H and O–H groups in total. The van der Waals surface area contributed by atoms with Crippen LogP contribution < -0.4 is 0 Å². The number of amides is 1. The number of hydrogen-bond acceptors (Lipinski definition) is 3. The minimum absolute atomic E-state index is 0.0441. The zero-order chi connectivity index (χ0) is 13.0. The second-order valence-electron chi connectivity index (χ2n) is 4.50. The average molecular weight is 272 g/mol. The fourth-order valence-electron chi connectivity index (χ4n) is 2.17. The first-order valence-electron chi connectivity index (χ1n) is 6.22. The van der Waals surface area contributed by atoms with Crippen LogP contribution in [0.15, 0.2) is 16.7 Å². The maximum Gasteiger partial charge on any atom is 0.257 e. The Morgan fingerprint density at radius 2 is 2.28 bits per heavy atom. The van der Waals surface area contributed by atoms with Crippen molar-refractivity contribution in [1.29, 1.82) is 0 Å². The Morgan fingerprint density at radius 3 is 2.83 bits per heavy atom. The number of likely N-dealkylation sites (tertiary alicyclic amines) is 1. The van der Waals surface area contributed by atoms with Crippen molar-refractivity contribution in [3.05, 3.63) is 23.7 Å². The van der Waals surface area contributed by atoms with E-state index in [-0.39, 0.29) is 12.0 Å². The van der Waals surface area contributed by atoms with Crippen LogP contribution in [-0.4, -0.2) is 42.5 Å².